The van der Waals surface area contributed by atoms with Gasteiger partial charge in [0.2, 0.25) is 0 Å². The highest BCUT2D eigenvalue weighted by atomic mass is 19.2. The molecule has 9 heteroatoms. The van der Waals surface area contributed by atoms with Crippen LogP contribution in [0.2, 0.25) is 0 Å². The lowest BCUT2D eigenvalue weighted by molar-refractivity contribution is -0.140. The first-order valence-electron chi connectivity index (χ1n) is 8.30. The Kier molecular flexibility index (Phi) is 5.62. The smallest absolute Gasteiger partial charge is 0.306 e. The molecule has 0 saturated carbocycles. The summed E-state index contributed by atoms with van der Waals surface area (Å²) in [7, 11) is 1.23. The van der Waals surface area contributed by atoms with E-state index < -0.39 is 34.9 Å². The van der Waals surface area contributed by atoms with Gasteiger partial charge < -0.3 is 9.84 Å². The van der Waals surface area contributed by atoms with Crippen LogP contribution in [0.25, 0.3) is 0 Å². The van der Waals surface area contributed by atoms with E-state index in [1.807, 2.05) is 0 Å². The molecule has 0 fully saturated rings. The van der Waals surface area contributed by atoms with Crippen LogP contribution < -0.4 is 5.56 Å². The number of esters is 1. The van der Waals surface area contributed by atoms with E-state index in [0.717, 1.165) is 6.07 Å². The molecule has 0 aliphatic heterocycles. The van der Waals surface area contributed by atoms with Crippen molar-refractivity contribution >= 4 is 5.97 Å². The molecule has 0 amide bonds. The Hall–Kier alpha value is -3.36. The monoisotopic (exact) mass is 391 g/mol. The van der Waals surface area contributed by atoms with E-state index in [1.165, 1.54) is 19.5 Å². The Morgan fingerprint density at radius 3 is 2.46 bits per heavy atom. The van der Waals surface area contributed by atoms with Crippen molar-refractivity contribution in [2.75, 3.05) is 7.11 Å². The lowest BCUT2D eigenvalue weighted by atomic mass is 9.88. The number of nitrogens with one attached hydrogen (secondary N) is 2. The Labute approximate surface area is 157 Å². The Morgan fingerprint density at radius 1 is 1.11 bits per heavy atom. The molecule has 0 spiro atoms. The van der Waals surface area contributed by atoms with E-state index in [0.29, 0.717) is 11.6 Å². The molecule has 28 heavy (non-hydrogen) atoms. The second-order valence-corrected chi connectivity index (χ2v) is 6.12. The number of carbonyl (C=O) groups excluding carboxylic acids is 1. The van der Waals surface area contributed by atoms with Crippen LogP contribution in [-0.4, -0.2) is 28.3 Å². The lowest BCUT2D eigenvalue weighted by Crippen LogP contribution is -2.18. The molecule has 0 saturated heterocycles. The fourth-order valence-electron chi connectivity index (χ4n) is 3.03. The molecule has 2 N–H and O–H groups in total. The number of methoxy groups -OCH3 is 1. The van der Waals surface area contributed by atoms with Crippen LogP contribution in [-0.2, 0) is 16.0 Å². The van der Waals surface area contributed by atoms with Crippen molar-refractivity contribution < 1.29 is 22.7 Å². The number of halogens is 3. The van der Waals surface area contributed by atoms with Gasteiger partial charge in [0.15, 0.2) is 11.6 Å². The number of aromatic amines is 2. The van der Waals surface area contributed by atoms with Crippen molar-refractivity contribution in [1.29, 1.82) is 0 Å². The van der Waals surface area contributed by atoms with Crippen LogP contribution in [0.4, 0.5) is 13.2 Å². The minimum Gasteiger partial charge on any atom is -0.469 e. The highest BCUT2D eigenvalue weighted by Crippen LogP contribution is 2.29. The third-order valence-electron chi connectivity index (χ3n) is 4.41. The molecule has 0 bridgehead atoms. The van der Waals surface area contributed by atoms with Crippen molar-refractivity contribution in [2.24, 2.45) is 0 Å². The highest BCUT2D eigenvalue weighted by molar-refractivity contribution is 5.71. The summed E-state index contributed by atoms with van der Waals surface area (Å²) in [5.74, 6) is -4.69. The summed E-state index contributed by atoms with van der Waals surface area (Å²) in [4.78, 5) is 28.2. The molecule has 1 aromatic carbocycles. The predicted molar refractivity (Wildman–Crippen MR) is 93.2 cm³/mol. The van der Waals surface area contributed by atoms with Gasteiger partial charge in [0.1, 0.15) is 5.82 Å². The van der Waals surface area contributed by atoms with Gasteiger partial charge in [0.25, 0.3) is 5.56 Å². The molecule has 3 aromatic rings. The summed E-state index contributed by atoms with van der Waals surface area (Å²) < 4.78 is 45.5. The van der Waals surface area contributed by atoms with Gasteiger partial charge in [-0.1, -0.05) is 0 Å². The first-order chi connectivity index (χ1) is 13.4. The maximum absolute atomic E-state index is 14.1. The molecule has 1 atom stereocenters. The van der Waals surface area contributed by atoms with Gasteiger partial charge in [-0.15, -0.1) is 0 Å². The lowest BCUT2D eigenvalue weighted by Gasteiger charge is -2.16. The van der Waals surface area contributed by atoms with E-state index >= 15 is 0 Å². The van der Waals surface area contributed by atoms with E-state index in [1.54, 1.807) is 12.1 Å². The van der Waals surface area contributed by atoms with E-state index in [2.05, 4.69) is 15.2 Å². The molecule has 0 aliphatic rings. The van der Waals surface area contributed by atoms with Gasteiger partial charge in [-0.3, -0.25) is 19.7 Å². The SMILES string of the molecule is COC(=O)CC(c1ccncc1)c1c(Cc2cc(F)c(F)cc2F)[nH][nH]c1=O. The fraction of sp³-hybridized carbons (Fsp3) is 0.211. The average Bonchev–Trinajstić information content (AvgIpc) is 3.04. The minimum absolute atomic E-state index is 0.137. The standard InChI is InChI=1S/C19H16F3N3O3/c1-28-17(26)8-12(10-2-4-23-5-3-10)18-16(24-25-19(18)27)7-11-6-14(21)15(22)9-13(11)20/h2-6,9,12H,7-8H2,1H3,(H2,24,25,27). The zero-order valence-corrected chi connectivity index (χ0v) is 14.8. The van der Waals surface area contributed by atoms with E-state index in [4.69, 9.17) is 4.74 Å². The second kappa shape index (κ2) is 8.12. The van der Waals surface area contributed by atoms with Gasteiger partial charge in [0.05, 0.1) is 13.5 Å². The zero-order chi connectivity index (χ0) is 20.3. The second-order valence-electron chi connectivity index (χ2n) is 6.12. The molecule has 6 nitrogen and oxygen atoms in total. The normalized spacial score (nSPS) is 12.0. The number of ether oxygens (including phenoxy) is 1. The molecule has 3 rings (SSSR count). The summed E-state index contributed by atoms with van der Waals surface area (Å²) in [6.07, 6.45) is 2.67. The van der Waals surface area contributed by atoms with Crippen molar-refractivity contribution in [2.45, 2.75) is 18.8 Å². The molecule has 146 valence electrons. The van der Waals surface area contributed by atoms with Crippen LogP contribution in [0.15, 0.2) is 41.5 Å². The summed E-state index contributed by atoms with van der Waals surface area (Å²) in [6, 6.07) is 4.47. The molecule has 0 aliphatic carbocycles. The van der Waals surface area contributed by atoms with E-state index in [-0.39, 0.29) is 29.7 Å². The number of nitrogens with zero attached hydrogens (tertiary/aromatic N) is 1. The molecule has 0 radical (unpaired) electrons. The maximum Gasteiger partial charge on any atom is 0.306 e. The first kappa shape index (κ1) is 19.4. The van der Waals surface area contributed by atoms with Crippen LogP contribution in [0.1, 0.15) is 34.7 Å². The molecular weight excluding hydrogens is 375 g/mol. The Morgan fingerprint density at radius 2 is 1.79 bits per heavy atom. The summed E-state index contributed by atoms with van der Waals surface area (Å²) in [5.41, 5.74) is 0.407. The molecule has 1 unspecified atom stereocenters. The molecule has 2 heterocycles. The predicted octanol–water partition coefficient (Wildman–Crippen LogP) is 2.80. The summed E-state index contributed by atoms with van der Waals surface area (Å²) in [5, 5.41) is 5.04. The zero-order valence-electron chi connectivity index (χ0n) is 14.8. The number of carbonyl (C=O) groups is 1. The minimum atomic E-state index is -1.30. The van der Waals surface area contributed by atoms with Crippen LogP contribution in [0.5, 0.6) is 0 Å². The number of benzene rings is 1. The topological polar surface area (TPSA) is 87.8 Å². The van der Waals surface area contributed by atoms with Crippen molar-refractivity contribution in [3.8, 4) is 0 Å². The quantitative estimate of drug-likeness (QED) is 0.500. The Balaban J connectivity index is 2.06. The van der Waals surface area contributed by atoms with E-state index in [9.17, 15) is 22.8 Å². The molecule has 2 aromatic heterocycles. The van der Waals surface area contributed by atoms with Crippen LogP contribution >= 0.6 is 0 Å². The van der Waals surface area contributed by atoms with Crippen LogP contribution in [0.3, 0.4) is 0 Å². The van der Waals surface area contributed by atoms with Gasteiger partial charge in [-0.05, 0) is 29.3 Å². The number of hydrogen-bond acceptors (Lipinski definition) is 4. The van der Waals surface area contributed by atoms with Crippen LogP contribution in [0, 0.1) is 17.5 Å². The third-order valence-corrected chi connectivity index (χ3v) is 4.41. The number of aromatic nitrogens is 3. The number of rotatable bonds is 6. The van der Waals surface area contributed by atoms with Crippen molar-refractivity contribution in [3.05, 3.63) is 86.8 Å². The highest BCUT2D eigenvalue weighted by Gasteiger charge is 2.26. The maximum atomic E-state index is 14.1. The summed E-state index contributed by atoms with van der Waals surface area (Å²) in [6.45, 7) is 0. The number of hydrogen-bond donors (Lipinski definition) is 2. The average molecular weight is 391 g/mol. The van der Waals surface area contributed by atoms with Gasteiger partial charge in [-0.25, -0.2) is 13.2 Å². The summed E-state index contributed by atoms with van der Waals surface area (Å²) >= 11 is 0. The van der Waals surface area contributed by atoms with Crippen molar-refractivity contribution in [1.82, 2.24) is 15.2 Å². The third kappa shape index (κ3) is 3.98. The number of pyridine rings is 1. The fourth-order valence-corrected chi connectivity index (χ4v) is 3.03. The first-order valence-corrected chi connectivity index (χ1v) is 8.30. The van der Waals surface area contributed by atoms with Crippen molar-refractivity contribution in [3.63, 3.8) is 0 Å². The van der Waals surface area contributed by atoms with Gasteiger partial charge in [0, 0.05) is 42.1 Å². The largest absolute Gasteiger partial charge is 0.469 e. The Bertz CT molecular complexity index is 1050. The molecular formula is C19H16F3N3O3. The van der Waals surface area contributed by atoms with Gasteiger partial charge >= 0.3 is 5.97 Å². The van der Waals surface area contributed by atoms with Gasteiger partial charge in [-0.2, -0.15) is 0 Å². The number of H-pyrrole nitrogens is 2.